The standard InChI is InChI=1S/C26H24F2N2O/c27-20-3-1-19(2-4-20)23-26(15-29,24(31)30(23)22-7-5-21(28)6-8-22)25-12-16-9-17(13-25)11-18(10-16)14-25/h1-8,16-18,23H,9-14H2/t16?,17?,18?,23-,25?,26-/m0/s1. The monoisotopic (exact) mass is 418 g/mol. The van der Waals surface area contributed by atoms with Gasteiger partial charge >= 0.3 is 0 Å². The Morgan fingerprint density at radius 1 is 0.839 bits per heavy atom. The van der Waals surface area contributed by atoms with Crippen molar-refractivity contribution in [2.75, 3.05) is 4.90 Å². The maximum absolute atomic E-state index is 13.9. The summed E-state index contributed by atoms with van der Waals surface area (Å²) in [7, 11) is 0. The molecule has 0 radical (unpaired) electrons. The topological polar surface area (TPSA) is 44.1 Å². The molecule has 7 rings (SSSR count). The molecule has 4 bridgehead atoms. The van der Waals surface area contributed by atoms with E-state index < -0.39 is 11.5 Å². The van der Waals surface area contributed by atoms with Gasteiger partial charge in [0.1, 0.15) is 11.6 Å². The molecule has 0 aromatic heterocycles. The van der Waals surface area contributed by atoms with Crippen LogP contribution in [0.2, 0.25) is 0 Å². The minimum atomic E-state index is -1.16. The molecule has 2 aromatic carbocycles. The van der Waals surface area contributed by atoms with Gasteiger partial charge in [0, 0.05) is 11.1 Å². The molecule has 0 N–H and O–H groups in total. The molecular weight excluding hydrogens is 394 g/mol. The molecular formula is C26H24F2N2O. The van der Waals surface area contributed by atoms with Crippen molar-refractivity contribution in [1.29, 1.82) is 5.26 Å². The molecule has 4 aliphatic carbocycles. The second-order valence-electron chi connectivity index (χ2n) is 10.2. The van der Waals surface area contributed by atoms with E-state index in [0.29, 0.717) is 23.4 Å². The number of rotatable bonds is 3. The lowest BCUT2D eigenvalue weighted by Gasteiger charge is -2.67. The van der Waals surface area contributed by atoms with Crippen LogP contribution < -0.4 is 4.90 Å². The number of amides is 1. The summed E-state index contributed by atoms with van der Waals surface area (Å²) in [5.41, 5.74) is -0.141. The fourth-order valence-electron chi connectivity index (χ4n) is 7.80. The van der Waals surface area contributed by atoms with Crippen LogP contribution in [0.5, 0.6) is 0 Å². The second kappa shape index (κ2) is 6.38. The molecule has 2 atom stereocenters. The number of halogens is 2. The van der Waals surface area contributed by atoms with Gasteiger partial charge in [-0.25, -0.2) is 8.78 Å². The van der Waals surface area contributed by atoms with Gasteiger partial charge in [-0.2, -0.15) is 5.26 Å². The van der Waals surface area contributed by atoms with Crippen LogP contribution in [0.3, 0.4) is 0 Å². The lowest BCUT2D eigenvalue weighted by Crippen LogP contribution is -2.72. The van der Waals surface area contributed by atoms with Gasteiger partial charge in [0.15, 0.2) is 5.41 Å². The Labute approximate surface area is 180 Å². The Balaban J connectivity index is 1.50. The van der Waals surface area contributed by atoms with E-state index in [4.69, 9.17) is 0 Å². The number of nitrogens with zero attached hydrogens (tertiary/aromatic N) is 2. The highest BCUT2D eigenvalue weighted by molar-refractivity contribution is 6.09. The lowest BCUT2D eigenvalue weighted by atomic mass is 9.39. The highest BCUT2D eigenvalue weighted by Crippen LogP contribution is 2.72. The molecule has 0 unspecified atom stereocenters. The largest absolute Gasteiger partial charge is 0.301 e. The van der Waals surface area contributed by atoms with Gasteiger partial charge in [0.05, 0.1) is 12.1 Å². The zero-order valence-electron chi connectivity index (χ0n) is 17.2. The number of carbonyl (C=O) groups excluding carboxylic acids is 1. The molecule has 3 nitrogen and oxygen atoms in total. The van der Waals surface area contributed by atoms with E-state index in [-0.39, 0.29) is 23.0 Å². The summed E-state index contributed by atoms with van der Waals surface area (Å²) in [5.74, 6) is 0.884. The fourth-order valence-corrected chi connectivity index (χ4v) is 7.80. The molecule has 31 heavy (non-hydrogen) atoms. The third-order valence-corrected chi connectivity index (χ3v) is 8.57. The summed E-state index contributed by atoms with van der Waals surface area (Å²) < 4.78 is 27.3. The lowest BCUT2D eigenvalue weighted by molar-refractivity contribution is -0.169. The van der Waals surface area contributed by atoms with Crippen molar-refractivity contribution in [3.8, 4) is 6.07 Å². The molecule has 1 amide bonds. The van der Waals surface area contributed by atoms with Crippen molar-refractivity contribution >= 4 is 11.6 Å². The van der Waals surface area contributed by atoms with Crippen molar-refractivity contribution in [2.24, 2.45) is 28.6 Å². The number of carbonyl (C=O) groups is 1. The van der Waals surface area contributed by atoms with Gasteiger partial charge in [-0.05, 0) is 98.2 Å². The van der Waals surface area contributed by atoms with Gasteiger partial charge in [0.2, 0.25) is 0 Å². The quantitative estimate of drug-likeness (QED) is 0.593. The average molecular weight is 418 g/mol. The molecule has 2 aromatic rings. The third kappa shape index (κ3) is 2.45. The number of hydrogen-bond acceptors (Lipinski definition) is 2. The van der Waals surface area contributed by atoms with Crippen molar-refractivity contribution < 1.29 is 13.6 Å². The van der Waals surface area contributed by atoms with Crippen molar-refractivity contribution in [3.05, 3.63) is 65.7 Å². The minimum absolute atomic E-state index is 0.183. The van der Waals surface area contributed by atoms with Crippen molar-refractivity contribution in [3.63, 3.8) is 0 Å². The van der Waals surface area contributed by atoms with Gasteiger partial charge in [-0.3, -0.25) is 4.79 Å². The number of β-lactam (4-membered cyclic amide) rings is 1. The van der Waals surface area contributed by atoms with E-state index >= 15 is 0 Å². The van der Waals surface area contributed by atoms with Crippen molar-refractivity contribution in [1.82, 2.24) is 0 Å². The van der Waals surface area contributed by atoms with Gasteiger partial charge in [0.25, 0.3) is 5.91 Å². The minimum Gasteiger partial charge on any atom is -0.301 e. The maximum atomic E-state index is 13.9. The van der Waals surface area contributed by atoms with Gasteiger partial charge in [-0.15, -0.1) is 0 Å². The summed E-state index contributed by atoms with van der Waals surface area (Å²) in [6, 6.07) is 14.1. The van der Waals surface area contributed by atoms with Crippen LogP contribution in [-0.2, 0) is 4.79 Å². The highest BCUT2D eigenvalue weighted by atomic mass is 19.1. The van der Waals surface area contributed by atoms with E-state index in [2.05, 4.69) is 6.07 Å². The Hall–Kier alpha value is -2.74. The Morgan fingerprint density at radius 2 is 1.32 bits per heavy atom. The predicted molar refractivity (Wildman–Crippen MR) is 112 cm³/mol. The number of benzene rings is 2. The number of anilines is 1. The molecule has 5 aliphatic rings. The Morgan fingerprint density at radius 3 is 1.81 bits per heavy atom. The zero-order chi connectivity index (χ0) is 21.4. The first kappa shape index (κ1) is 19.0. The molecule has 158 valence electrons. The van der Waals surface area contributed by atoms with E-state index in [1.807, 2.05) is 0 Å². The summed E-state index contributed by atoms with van der Waals surface area (Å²) in [6.45, 7) is 0. The Bertz CT molecular complexity index is 1050. The fraction of sp³-hybridized carbons (Fsp3) is 0.462. The first-order valence-electron chi connectivity index (χ1n) is 11.2. The average Bonchev–Trinajstić information content (AvgIpc) is 2.74. The Kier molecular flexibility index (Phi) is 3.91. The van der Waals surface area contributed by atoms with E-state index in [9.17, 15) is 18.8 Å². The molecule has 5 fully saturated rings. The highest BCUT2D eigenvalue weighted by Gasteiger charge is 2.74. The molecule has 4 saturated carbocycles. The van der Waals surface area contributed by atoms with Crippen LogP contribution in [0.25, 0.3) is 0 Å². The van der Waals surface area contributed by atoms with Crippen LogP contribution in [0, 0.1) is 51.5 Å². The van der Waals surface area contributed by atoms with Gasteiger partial charge < -0.3 is 4.90 Å². The summed E-state index contributed by atoms with van der Waals surface area (Å²) in [6.07, 6.45) is 6.43. The predicted octanol–water partition coefficient (Wildman–Crippen LogP) is 5.78. The van der Waals surface area contributed by atoms with Crippen LogP contribution in [-0.4, -0.2) is 5.91 Å². The molecule has 5 heteroatoms. The van der Waals surface area contributed by atoms with Gasteiger partial charge in [-0.1, -0.05) is 12.1 Å². The molecule has 1 aliphatic heterocycles. The first-order valence-corrected chi connectivity index (χ1v) is 11.2. The van der Waals surface area contributed by atoms with E-state index in [1.54, 1.807) is 29.2 Å². The zero-order valence-corrected chi connectivity index (χ0v) is 17.2. The molecule has 1 saturated heterocycles. The van der Waals surface area contributed by atoms with Crippen LogP contribution in [0.1, 0.15) is 50.1 Å². The van der Waals surface area contributed by atoms with Crippen molar-refractivity contribution in [2.45, 2.75) is 44.6 Å². The SMILES string of the molecule is N#C[C@@]1(C23CC4CC(CC(C4)C2)C3)C(=O)N(c2ccc(F)cc2)[C@H]1c1ccc(F)cc1. The second-order valence-corrected chi connectivity index (χ2v) is 10.2. The smallest absolute Gasteiger partial charge is 0.251 e. The maximum Gasteiger partial charge on any atom is 0.251 e. The summed E-state index contributed by atoms with van der Waals surface area (Å²) in [4.78, 5) is 15.5. The molecule has 0 spiro atoms. The van der Waals surface area contributed by atoms with Crippen LogP contribution >= 0.6 is 0 Å². The summed E-state index contributed by atoms with van der Waals surface area (Å²) >= 11 is 0. The summed E-state index contributed by atoms with van der Waals surface area (Å²) in [5, 5.41) is 10.6. The van der Waals surface area contributed by atoms with Crippen LogP contribution in [0.15, 0.2) is 48.5 Å². The third-order valence-electron chi connectivity index (χ3n) is 8.57. The van der Waals surface area contributed by atoms with E-state index in [1.165, 1.54) is 43.5 Å². The normalized spacial score (nSPS) is 38.1. The van der Waals surface area contributed by atoms with Crippen LogP contribution in [0.4, 0.5) is 14.5 Å². The van der Waals surface area contributed by atoms with E-state index in [0.717, 1.165) is 24.8 Å². The number of nitriles is 1. The number of hydrogen-bond donors (Lipinski definition) is 0. The first-order chi connectivity index (χ1) is 15.0. The molecule has 1 heterocycles.